The van der Waals surface area contributed by atoms with E-state index in [1.807, 2.05) is 31.2 Å². The predicted octanol–water partition coefficient (Wildman–Crippen LogP) is 5.30. The van der Waals surface area contributed by atoms with Crippen molar-refractivity contribution < 1.29 is 4.39 Å². The van der Waals surface area contributed by atoms with Crippen molar-refractivity contribution in [3.05, 3.63) is 81.1 Å². The fourth-order valence-corrected chi connectivity index (χ4v) is 3.38. The zero-order valence-corrected chi connectivity index (χ0v) is 15.4. The van der Waals surface area contributed by atoms with E-state index in [1.54, 1.807) is 0 Å². The molecule has 3 aromatic rings. The third-order valence-corrected chi connectivity index (χ3v) is 5.04. The van der Waals surface area contributed by atoms with Gasteiger partial charge in [-0.2, -0.15) is 0 Å². The van der Waals surface area contributed by atoms with Crippen molar-refractivity contribution >= 4 is 10.9 Å². The van der Waals surface area contributed by atoms with Crippen molar-refractivity contribution in [1.29, 1.82) is 0 Å². The Morgan fingerprint density at radius 2 is 1.54 bits per heavy atom. The number of para-hydroxylation sites is 1. The topological polar surface area (TPSA) is 32.9 Å². The van der Waals surface area contributed by atoms with Crippen LogP contribution in [-0.2, 0) is 19.3 Å². The summed E-state index contributed by atoms with van der Waals surface area (Å²) in [4.78, 5) is 15.9. The number of aryl methyl sites for hydroxylation is 3. The molecule has 0 radical (unpaired) electrons. The number of H-pyrrole nitrogens is 1. The first-order chi connectivity index (χ1) is 12.7. The van der Waals surface area contributed by atoms with Crippen LogP contribution in [0.25, 0.3) is 10.9 Å². The Kier molecular flexibility index (Phi) is 6.21. The van der Waals surface area contributed by atoms with E-state index in [9.17, 15) is 9.18 Å². The van der Waals surface area contributed by atoms with E-state index in [0.717, 1.165) is 54.3 Å². The number of nitrogens with one attached hydrogen (secondary N) is 1. The summed E-state index contributed by atoms with van der Waals surface area (Å²) in [6, 6.07) is 16.3. The molecule has 0 aliphatic carbocycles. The molecule has 0 saturated carbocycles. The fraction of sp³-hybridized carbons (Fsp3) is 0.348. The SMILES string of the molecule is Cc1c(CCc2ccc(CCCCC[18F])cc2)[nH]c2ccccc2c1=O. The van der Waals surface area contributed by atoms with Gasteiger partial charge in [-0.15, -0.1) is 0 Å². The average molecular weight is 350 g/mol. The van der Waals surface area contributed by atoms with Crippen molar-refractivity contribution in [3.8, 4) is 0 Å². The number of aromatic amines is 1. The molecule has 0 saturated heterocycles. The van der Waals surface area contributed by atoms with E-state index in [-0.39, 0.29) is 12.1 Å². The molecule has 0 aliphatic heterocycles. The second-order valence-electron chi connectivity index (χ2n) is 6.92. The lowest BCUT2D eigenvalue weighted by Gasteiger charge is -2.09. The number of aromatic nitrogens is 1. The van der Waals surface area contributed by atoms with Crippen molar-refractivity contribution in [1.82, 2.24) is 4.98 Å². The number of hydrogen-bond acceptors (Lipinski definition) is 1. The predicted molar refractivity (Wildman–Crippen MR) is 107 cm³/mol. The van der Waals surface area contributed by atoms with E-state index >= 15 is 0 Å². The number of fused-ring (bicyclic) bond motifs is 1. The summed E-state index contributed by atoms with van der Waals surface area (Å²) >= 11 is 0. The first kappa shape index (κ1) is 18.4. The Balaban J connectivity index is 1.65. The molecule has 0 bridgehead atoms. The molecule has 0 fully saturated rings. The van der Waals surface area contributed by atoms with Gasteiger partial charge in [0, 0.05) is 22.2 Å². The summed E-state index contributed by atoms with van der Waals surface area (Å²) in [6.45, 7) is 1.69. The molecule has 136 valence electrons. The zero-order chi connectivity index (χ0) is 18.4. The monoisotopic (exact) mass is 350 g/mol. The Labute approximate surface area is 154 Å². The first-order valence-corrected chi connectivity index (χ1v) is 9.43. The molecular formula is C23H26FNO. The number of halogens is 1. The minimum absolute atomic E-state index is 0.123. The minimum atomic E-state index is -0.213. The second kappa shape index (κ2) is 8.79. The fourth-order valence-electron chi connectivity index (χ4n) is 3.38. The lowest BCUT2D eigenvalue weighted by atomic mass is 10.0. The van der Waals surface area contributed by atoms with Crippen LogP contribution in [0.15, 0.2) is 53.3 Å². The van der Waals surface area contributed by atoms with Crippen LogP contribution >= 0.6 is 0 Å². The normalized spacial score (nSPS) is 11.2. The maximum Gasteiger partial charge on any atom is 0.192 e. The van der Waals surface area contributed by atoms with Gasteiger partial charge in [0.05, 0.1) is 6.67 Å². The molecule has 2 nitrogen and oxygen atoms in total. The maximum atomic E-state index is 12.5. The van der Waals surface area contributed by atoms with Gasteiger partial charge in [-0.25, -0.2) is 0 Å². The van der Waals surface area contributed by atoms with E-state index in [1.165, 1.54) is 11.1 Å². The molecule has 0 aliphatic rings. The van der Waals surface area contributed by atoms with Crippen LogP contribution in [0, 0.1) is 6.92 Å². The van der Waals surface area contributed by atoms with Crippen molar-refractivity contribution in [2.24, 2.45) is 0 Å². The number of benzene rings is 2. The van der Waals surface area contributed by atoms with Gasteiger partial charge in [0.1, 0.15) is 0 Å². The summed E-state index contributed by atoms with van der Waals surface area (Å²) in [5, 5.41) is 0.755. The third kappa shape index (κ3) is 4.40. The number of alkyl halides is 1. The van der Waals surface area contributed by atoms with Crippen LogP contribution in [0.2, 0.25) is 0 Å². The lowest BCUT2D eigenvalue weighted by Crippen LogP contribution is -2.12. The maximum absolute atomic E-state index is 12.5. The zero-order valence-electron chi connectivity index (χ0n) is 15.4. The Hall–Kier alpha value is -2.42. The molecule has 0 unspecified atom stereocenters. The quantitative estimate of drug-likeness (QED) is 0.549. The van der Waals surface area contributed by atoms with E-state index in [2.05, 4.69) is 29.2 Å². The molecule has 2 aromatic carbocycles. The standard InChI is InChI=1S/C23H26FNO/c1-17-21(25-22-9-5-4-8-20(22)23(17)26)15-14-19-12-10-18(11-13-19)7-3-2-6-16-24/h4-5,8-13H,2-3,6-7,14-16H2,1H3,(H,25,26)/i24-1. The van der Waals surface area contributed by atoms with Crippen LogP contribution in [-0.4, -0.2) is 11.7 Å². The van der Waals surface area contributed by atoms with Crippen molar-refractivity contribution in [2.45, 2.75) is 45.4 Å². The van der Waals surface area contributed by atoms with E-state index < -0.39 is 0 Å². The van der Waals surface area contributed by atoms with Gasteiger partial charge in [0.25, 0.3) is 0 Å². The second-order valence-corrected chi connectivity index (χ2v) is 6.92. The molecule has 1 aromatic heterocycles. The number of unbranched alkanes of at least 4 members (excludes halogenated alkanes) is 2. The molecule has 0 spiro atoms. The van der Waals surface area contributed by atoms with Gasteiger partial charge >= 0.3 is 0 Å². The largest absolute Gasteiger partial charge is 0.358 e. The smallest absolute Gasteiger partial charge is 0.192 e. The summed E-state index contributed by atoms with van der Waals surface area (Å²) in [7, 11) is 0. The Morgan fingerprint density at radius 1 is 0.846 bits per heavy atom. The Bertz CT molecular complexity index is 912. The molecule has 1 N–H and O–H groups in total. The molecule has 3 rings (SSSR count). The highest BCUT2D eigenvalue weighted by molar-refractivity contribution is 5.79. The van der Waals surface area contributed by atoms with Crippen LogP contribution in [0.5, 0.6) is 0 Å². The van der Waals surface area contributed by atoms with Crippen molar-refractivity contribution in [3.63, 3.8) is 0 Å². The Morgan fingerprint density at radius 3 is 2.27 bits per heavy atom. The lowest BCUT2D eigenvalue weighted by molar-refractivity contribution is 0.456. The van der Waals surface area contributed by atoms with E-state index in [0.29, 0.717) is 6.42 Å². The van der Waals surface area contributed by atoms with Crippen LogP contribution in [0.1, 0.15) is 41.6 Å². The van der Waals surface area contributed by atoms with Gasteiger partial charge in [0.15, 0.2) is 5.43 Å². The summed E-state index contributed by atoms with van der Waals surface area (Å²) < 4.78 is 12.1. The molecule has 3 heteroatoms. The highest BCUT2D eigenvalue weighted by Gasteiger charge is 2.08. The van der Waals surface area contributed by atoms with E-state index in [4.69, 9.17) is 0 Å². The number of hydrogen-bond donors (Lipinski definition) is 1. The minimum Gasteiger partial charge on any atom is -0.358 e. The molecule has 0 atom stereocenters. The summed E-state index contributed by atoms with van der Waals surface area (Å²) in [6.07, 6.45) is 5.39. The number of rotatable bonds is 8. The van der Waals surface area contributed by atoms with Gasteiger partial charge in [-0.05, 0) is 62.3 Å². The van der Waals surface area contributed by atoms with Gasteiger partial charge in [-0.3, -0.25) is 9.18 Å². The average Bonchev–Trinajstić information content (AvgIpc) is 2.68. The molecule has 1 heterocycles. The van der Waals surface area contributed by atoms with Gasteiger partial charge < -0.3 is 4.98 Å². The molecule has 26 heavy (non-hydrogen) atoms. The van der Waals surface area contributed by atoms with Gasteiger partial charge in [0.2, 0.25) is 0 Å². The van der Waals surface area contributed by atoms with Crippen LogP contribution in [0.4, 0.5) is 4.39 Å². The third-order valence-electron chi connectivity index (χ3n) is 5.04. The van der Waals surface area contributed by atoms with Crippen LogP contribution < -0.4 is 5.43 Å². The van der Waals surface area contributed by atoms with Crippen LogP contribution in [0.3, 0.4) is 0 Å². The van der Waals surface area contributed by atoms with Crippen molar-refractivity contribution in [2.75, 3.05) is 6.67 Å². The highest BCUT2D eigenvalue weighted by Crippen LogP contribution is 2.14. The highest BCUT2D eigenvalue weighted by atomic mass is 18.2. The number of pyridine rings is 1. The summed E-state index contributed by atoms with van der Waals surface area (Å²) in [5.74, 6) is 0. The first-order valence-electron chi connectivity index (χ1n) is 9.43. The summed E-state index contributed by atoms with van der Waals surface area (Å²) in [5.41, 5.74) is 5.44. The van der Waals surface area contributed by atoms with Gasteiger partial charge in [-0.1, -0.05) is 42.8 Å². The molecular weight excluding hydrogens is 324 g/mol. The molecule has 0 amide bonds.